The van der Waals surface area contributed by atoms with Gasteiger partial charge in [0.2, 0.25) is 0 Å². The Labute approximate surface area is 194 Å². The topological polar surface area (TPSA) is 78.9 Å². The van der Waals surface area contributed by atoms with Gasteiger partial charge in [-0.15, -0.1) is 0 Å². The van der Waals surface area contributed by atoms with Gasteiger partial charge < -0.3 is 20.1 Å². The molecule has 2 N–H and O–H groups in total. The molecule has 0 saturated carbocycles. The van der Waals surface area contributed by atoms with Crippen LogP contribution in [0.3, 0.4) is 0 Å². The van der Waals surface area contributed by atoms with Crippen LogP contribution >= 0.6 is 0 Å². The second-order valence-corrected chi connectivity index (χ2v) is 7.73. The molecule has 0 fully saturated rings. The molecule has 33 heavy (non-hydrogen) atoms. The molecule has 0 aliphatic heterocycles. The first-order valence-corrected chi connectivity index (χ1v) is 11.1. The van der Waals surface area contributed by atoms with Crippen molar-refractivity contribution in [2.75, 3.05) is 19.7 Å². The minimum absolute atomic E-state index is 0.134. The van der Waals surface area contributed by atoms with Gasteiger partial charge in [-0.1, -0.05) is 91.0 Å². The Hall–Kier alpha value is -3.64. The number of carbonyl (C=O) groups excluding carboxylic acids is 2. The number of nitrogens with zero attached hydrogens (tertiary/aromatic N) is 1. The van der Waals surface area contributed by atoms with E-state index in [1.165, 1.54) is 4.90 Å². The van der Waals surface area contributed by atoms with E-state index in [-0.39, 0.29) is 19.8 Å². The van der Waals surface area contributed by atoms with Crippen LogP contribution in [0.15, 0.2) is 91.0 Å². The molecule has 3 aromatic carbocycles. The quantitative estimate of drug-likeness (QED) is 0.441. The Kier molecular flexibility index (Phi) is 9.48. The van der Waals surface area contributed by atoms with Gasteiger partial charge in [0.15, 0.2) is 0 Å². The lowest BCUT2D eigenvalue weighted by atomic mass is 10.1. The predicted octanol–water partition coefficient (Wildman–Crippen LogP) is 3.59. The number of nitrogens with one attached hydrogen (secondary N) is 1. The predicted molar refractivity (Wildman–Crippen MR) is 128 cm³/mol. The summed E-state index contributed by atoms with van der Waals surface area (Å²) in [6.07, 6.45) is 0.960. The molecule has 172 valence electrons. The van der Waals surface area contributed by atoms with Crippen molar-refractivity contribution < 1.29 is 19.4 Å². The van der Waals surface area contributed by atoms with E-state index in [0.717, 1.165) is 16.7 Å². The van der Waals surface area contributed by atoms with Crippen LogP contribution in [0.2, 0.25) is 0 Å². The third kappa shape index (κ3) is 8.09. The number of aliphatic hydroxyl groups excluding tert-OH is 1. The summed E-state index contributed by atoms with van der Waals surface area (Å²) in [5.41, 5.74) is 2.88. The normalized spacial score (nSPS) is 11.4. The van der Waals surface area contributed by atoms with E-state index in [1.807, 2.05) is 91.0 Å². The van der Waals surface area contributed by atoms with Gasteiger partial charge >= 0.3 is 12.0 Å². The van der Waals surface area contributed by atoms with Crippen LogP contribution in [-0.4, -0.2) is 47.7 Å². The molecule has 0 saturated heterocycles. The van der Waals surface area contributed by atoms with E-state index in [1.54, 1.807) is 0 Å². The number of urea groups is 1. The molecule has 0 heterocycles. The van der Waals surface area contributed by atoms with Gasteiger partial charge in [-0.05, 0) is 23.1 Å². The molecule has 0 aliphatic carbocycles. The van der Waals surface area contributed by atoms with E-state index in [0.29, 0.717) is 19.4 Å². The number of amides is 2. The van der Waals surface area contributed by atoms with Crippen molar-refractivity contribution in [3.8, 4) is 0 Å². The lowest BCUT2D eigenvalue weighted by Gasteiger charge is -2.25. The maximum Gasteiger partial charge on any atom is 0.329 e. The number of aliphatic hydroxyl groups is 1. The zero-order chi connectivity index (χ0) is 23.3. The number of rotatable bonds is 11. The third-order valence-corrected chi connectivity index (χ3v) is 5.26. The van der Waals surface area contributed by atoms with E-state index >= 15 is 0 Å². The van der Waals surface area contributed by atoms with Gasteiger partial charge in [0.1, 0.15) is 12.6 Å². The SMILES string of the molecule is O=C(OCc1ccccc1)[C@H](Cc1ccccc1)NC(=O)N(CCO)CCc1ccccc1. The third-order valence-electron chi connectivity index (χ3n) is 5.26. The zero-order valence-electron chi connectivity index (χ0n) is 18.6. The maximum atomic E-state index is 13.0. The van der Waals surface area contributed by atoms with Crippen molar-refractivity contribution >= 4 is 12.0 Å². The lowest BCUT2D eigenvalue weighted by molar-refractivity contribution is -0.147. The molecular formula is C27H30N2O4. The molecule has 1 atom stereocenters. The Morgan fingerprint density at radius 3 is 1.91 bits per heavy atom. The maximum absolute atomic E-state index is 13.0. The minimum atomic E-state index is -0.846. The minimum Gasteiger partial charge on any atom is -0.459 e. The van der Waals surface area contributed by atoms with Crippen molar-refractivity contribution in [2.24, 2.45) is 0 Å². The first kappa shape index (κ1) is 24.0. The second kappa shape index (κ2) is 13.0. The molecule has 0 unspecified atom stereocenters. The molecule has 2 amide bonds. The van der Waals surface area contributed by atoms with Gasteiger partial charge in [-0.25, -0.2) is 9.59 Å². The van der Waals surface area contributed by atoms with Gasteiger partial charge in [0.05, 0.1) is 6.61 Å². The molecule has 0 radical (unpaired) electrons. The monoisotopic (exact) mass is 446 g/mol. The van der Waals surface area contributed by atoms with Gasteiger partial charge in [-0.3, -0.25) is 0 Å². The molecule has 0 aliphatic rings. The summed E-state index contributed by atoms with van der Waals surface area (Å²) in [5, 5.41) is 12.3. The van der Waals surface area contributed by atoms with Crippen LogP contribution in [-0.2, 0) is 29.0 Å². The highest BCUT2D eigenvalue weighted by atomic mass is 16.5. The number of ether oxygens (including phenoxy) is 1. The second-order valence-electron chi connectivity index (χ2n) is 7.73. The van der Waals surface area contributed by atoms with Crippen LogP contribution in [0.1, 0.15) is 16.7 Å². The van der Waals surface area contributed by atoms with Crippen LogP contribution in [0.4, 0.5) is 4.79 Å². The largest absolute Gasteiger partial charge is 0.459 e. The standard InChI is InChI=1S/C27H30N2O4/c30-19-18-29(17-16-22-10-4-1-5-11-22)27(32)28-25(20-23-12-6-2-7-13-23)26(31)33-21-24-14-8-3-9-15-24/h1-15,25,30H,16-21H2,(H,28,32)/t25-/m0/s1. The van der Waals surface area contributed by atoms with E-state index < -0.39 is 18.0 Å². The zero-order valence-corrected chi connectivity index (χ0v) is 18.6. The molecule has 0 aromatic heterocycles. The van der Waals surface area contributed by atoms with Crippen molar-refractivity contribution in [2.45, 2.75) is 25.5 Å². The average molecular weight is 447 g/mol. The summed E-state index contributed by atoms with van der Waals surface area (Å²) >= 11 is 0. The molecule has 6 nitrogen and oxygen atoms in total. The number of carbonyl (C=O) groups is 2. The summed E-state index contributed by atoms with van der Waals surface area (Å²) in [6.45, 7) is 0.572. The summed E-state index contributed by atoms with van der Waals surface area (Å²) in [6, 6.07) is 27.5. The number of hydrogen-bond donors (Lipinski definition) is 2. The Morgan fingerprint density at radius 1 is 0.788 bits per heavy atom. The average Bonchev–Trinajstić information content (AvgIpc) is 2.86. The first-order valence-electron chi connectivity index (χ1n) is 11.1. The van der Waals surface area contributed by atoms with Gasteiger partial charge in [0.25, 0.3) is 0 Å². The fraction of sp³-hybridized carbons (Fsp3) is 0.259. The van der Waals surface area contributed by atoms with E-state index in [9.17, 15) is 14.7 Å². The Bertz CT molecular complexity index is 981. The van der Waals surface area contributed by atoms with Crippen molar-refractivity contribution in [1.29, 1.82) is 0 Å². The number of hydrogen-bond acceptors (Lipinski definition) is 4. The Morgan fingerprint density at radius 2 is 1.33 bits per heavy atom. The number of benzene rings is 3. The molecular weight excluding hydrogens is 416 g/mol. The fourth-order valence-corrected chi connectivity index (χ4v) is 3.46. The molecule has 0 spiro atoms. The highest BCUT2D eigenvalue weighted by molar-refractivity contribution is 5.84. The lowest BCUT2D eigenvalue weighted by Crippen LogP contribution is -2.50. The summed E-state index contributed by atoms with van der Waals surface area (Å²) in [5.74, 6) is -0.497. The van der Waals surface area contributed by atoms with E-state index in [2.05, 4.69) is 5.32 Å². The van der Waals surface area contributed by atoms with Gasteiger partial charge in [-0.2, -0.15) is 0 Å². The highest BCUT2D eigenvalue weighted by Crippen LogP contribution is 2.09. The van der Waals surface area contributed by atoms with Crippen LogP contribution in [0.5, 0.6) is 0 Å². The van der Waals surface area contributed by atoms with Crippen molar-refractivity contribution in [3.05, 3.63) is 108 Å². The number of esters is 1. The van der Waals surface area contributed by atoms with Gasteiger partial charge in [0, 0.05) is 19.5 Å². The fourth-order valence-electron chi connectivity index (χ4n) is 3.46. The van der Waals surface area contributed by atoms with E-state index in [4.69, 9.17) is 4.74 Å². The first-order chi connectivity index (χ1) is 16.2. The van der Waals surface area contributed by atoms with Crippen molar-refractivity contribution in [3.63, 3.8) is 0 Å². The van der Waals surface area contributed by atoms with Crippen LogP contribution in [0.25, 0.3) is 0 Å². The summed E-state index contributed by atoms with van der Waals surface area (Å²) < 4.78 is 5.51. The van der Waals surface area contributed by atoms with Crippen molar-refractivity contribution in [1.82, 2.24) is 10.2 Å². The molecule has 0 bridgehead atoms. The summed E-state index contributed by atoms with van der Waals surface area (Å²) in [7, 11) is 0. The molecule has 3 rings (SSSR count). The molecule has 3 aromatic rings. The van der Waals surface area contributed by atoms with Crippen LogP contribution < -0.4 is 5.32 Å². The highest BCUT2D eigenvalue weighted by Gasteiger charge is 2.25. The molecule has 6 heteroatoms. The van der Waals surface area contributed by atoms with Crippen LogP contribution in [0, 0.1) is 0 Å². The Balaban J connectivity index is 1.66. The smallest absolute Gasteiger partial charge is 0.329 e. The summed E-state index contributed by atoms with van der Waals surface area (Å²) in [4.78, 5) is 27.5.